The molecule has 0 atom stereocenters. The van der Waals surface area contributed by atoms with Gasteiger partial charge in [-0.25, -0.2) is 0 Å². The topological polar surface area (TPSA) is 110 Å². The third-order valence-electron chi connectivity index (χ3n) is 3.80. The lowest BCUT2D eigenvalue weighted by molar-refractivity contribution is -0.388. The maximum absolute atomic E-state index is 11.6. The van der Waals surface area contributed by atoms with Crippen LogP contribution in [0, 0.1) is 10.1 Å². The first-order valence-electron chi connectivity index (χ1n) is 7.46. The molecule has 0 fully saturated rings. The zero-order valence-electron chi connectivity index (χ0n) is 13.4. The third-order valence-corrected chi connectivity index (χ3v) is 3.80. The van der Waals surface area contributed by atoms with Gasteiger partial charge >= 0.3 is 5.82 Å². The van der Waals surface area contributed by atoms with Crippen LogP contribution in [0.15, 0.2) is 48.4 Å². The van der Waals surface area contributed by atoms with Crippen molar-refractivity contribution in [3.05, 3.63) is 58.5 Å². The third kappa shape index (κ3) is 3.39. The summed E-state index contributed by atoms with van der Waals surface area (Å²) in [5.74, 6) is -1.16. The molecule has 2 heterocycles. The molecule has 0 saturated carbocycles. The molecule has 0 bridgehead atoms. The van der Waals surface area contributed by atoms with Crippen molar-refractivity contribution in [2.75, 3.05) is 18.9 Å². The van der Waals surface area contributed by atoms with Gasteiger partial charge in [0.05, 0.1) is 13.1 Å². The Bertz CT molecular complexity index is 872. The molecule has 0 saturated heterocycles. The lowest BCUT2D eigenvalue weighted by atomic mass is 10.1. The molecule has 0 radical (unpaired) electrons. The fourth-order valence-corrected chi connectivity index (χ4v) is 2.49. The van der Waals surface area contributed by atoms with Crippen molar-refractivity contribution >= 4 is 28.9 Å². The van der Waals surface area contributed by atoms with Gasteiger partial charge in [0.1, 0.15) is 0 Å². The smallest absolute Gasteiger partial charge is 0.368 e. The highest BCUT2D eigenvalue weighted by Crippen LogP contribution is 2.27. The van der Waals surface area contributed by atoms with Crippen LogP contribution in [0.1, 0.15) is 0 Å². The van der Waals surface area contributed by atoms with E-state index >= 15 is 0 Å². The number of ketones is 2. The van der Waals surface area contributed by atoms with Gasteiger partial charge in [0, 0.05) is 24.5 Å². The molecule has 3 rings (SSSR count). The molecule has 0 unspecified atom stereocenters. The summed E-state index contributed by atoms with van der Waals surface area (Å²) in [5.41, 5.74) is 1.25. The van der Waals surface area contributed by atoms with Crippen LogP contribution in [-0.4, -0.2) is 44.5 Å². The Balaban J connectivity index is 1.94. The number of Topliss-reactive ketones (excluding diaryl/α,β-unsaturated/α-hetero) is 1. The first kappa shape index (κ1) is 16.4. The van der Waals surface area contributed by atoms with Gasteiger partial charge in [-0.15, -0.1) is 0 Å². The van der Waals surface area contributed by atoms with E-state index in [2.05, 4.69) is 10.3 Å². The Morgan fingerprint density at radius 3 is 2.68 bits per heavy atom. The van der Waals surface area contributed by atoms with E-state index in [0.717, 1.165) is 0 Å². The van der Waals surface area contributed by atoms with Crippen LogP contribution in [0.2, 0.25) is 0 Å². The van der Waals surface area contributed by atoms with Gasteiger partial charge in [0.15, 0.2) is 0 Å². The number of likely N-dealkylation sites (N-methyl/N-ethyl adjacent to an activating group) is 1. The lowest BCUT2D eigenvalue weighted by Gasteiger charge is -2.25. The number of hydrogen-bond donors (Lipinski definition) is 1. The molecule has 25 heavy (non-hydrogen) atoms. The molecule has 1 aliphatic heterocycles. The van der Waals surface area contributed by atoms with E-state index in [1.54, 1.807) is 36.2 Å². The Labute approximate surface area is 142 Å². The van der Waals surface area contributed by atoms with E-state index in [1.165, 1.54) is 17.0 Å². The Kier molecular flexibility index (Phi) is 4.29. The quantitative estimate of drug-likeness (QED) is 0.498. The highest BCUT2D eigenvalue weighted by molar-refractivity contribution is 6.43. The molecule has 1 aromatic heterocycles. The number of hydrogen-bond acceptors (Lipinski definition) is 7. The number of carbonyl (C=O) groups excluding carboxylic acids is 2. The molecule has 9 nitrogen and oxygen atoms in total. The van der Waals surface area contributed by atoms with E-state index in [0.29, 0.717) is 11.4 Å². The minimum atomic E-state index is -0.574. The summed E-state index contributed by atoms with van der Waals surface area (Å²) < 4.78 is 1.54. The molecule has 128 valence electrons. The average molecular weight is 341 g/mol. The standard InChI is InChI=1S/C16H15N5O4/c1-19-9-14(23)13(22)7-12(19)8-20-10-17-15(21(24)25)16(20)18-11-5-3-2-4-6-11/h2-7,10,18H,8-9H2,1H3. The van der Waals surface area contributed by atoms with Crippen LogP contribution < -0.4 is 5.32 Å². The van der Waals surface area contributed by atoms with Gasteiger partial charge in [-0.1, -0.05) is 18.2 Å². The predicted molar refractivity (Wildman–Crippen MR) is 89.3 cm³/mol. The Hall–Kier alpha value is -3.49. The molecular weight excluding hydrogens is 326 g/mol. The zero-order valence-corrected chi connectivity index (χ0v) is 13.4. The first-order valence-corrected chi connectivity index (χ1v) is 7.46. The molecule has 9 heteroatoms. The maximum Gasteiger partial charge on any atom is 0.406 e. The van der Waals surface area contributed by atoms with E-state index < -0.39 is 16.5 Å². The zero-order chi connectivity index (χ0) is 18.0. The largest absolute Gasteiger partial charge is 0.406 e. The molecule has 0 spiro atoms. The second-order valence-corrected chi connectivity index (χ2v) is 5.57. The van der Waals surface area contributed by atoms with Gasteiger partial charge in [-0.3, -0.25) is 14.2 Å². The summed E-state index contributed by atoms with van der Waals surface area (Å²) in [6, 6.07) is 8.99. The van der Waals surface area contributed by atoms with Crippen LogP contribution in [0.4, 0.5) is 17.3 Å². The number of imidazole rings is 1. The molecular formula is C16H15N5O4. The number of nitrogens with zero attached hydrogens (tertiary/aromatic N) is 4. The summed E-state index contributed by atoms with van der Waals surface area (Å²) in [4.78, 5) is 39.2. The van der Waals surface area contributed by atoms with Crippen LogP contribution in [0.5, 0.6) is 0 Å². The summed E-state index contributed by atoms with van der Waals surface area (Å²) >= 11 is 0. The normalized spacial score (nSPS) is 14.4. The van der Waals surface area contributed by atoms with Crippen molar-refractivity contribution in [1.29, 1.82) is 0 Å². The molecule has 1 aromatic carbocycles. The minimum absolute atomic E-state index is 0.0110. The van der Waals surface area contributed by atoms with Crippen LogP contribution in [-0.2, 0) is 16.1 Å². The van der Waals surface area contributed by atoms with Crippen molar-refractivity contribution in [3.63, 3.8) is 0 Å². The Morgan fingerprint density at radius 1 is 1.28 bits per heavy atom. The van der Waals surface area contributed by atoms with Crippen molar-refractivity contribution < 1.29 is 14.5 Å². The van der Waals surface area contributed by atoms with Crippen molar-refractivity contribution in [2.24, 2.45) is 0 Å². The summed E-state index contributed by atoms with van der Waals surface area (Å²) in [6.07, 6.45) is 2.59. The molecule has 1 N–H and O–H groups in total. The van der Waals surface area contributed by atoms with E-state index in [1.807, 2.05) is 6.07 Å². The van der Waals surface area contributed by atoms with E-state index in [4.69, 9.17) is 0 Å². The van der Waals surface area contributed by atoms with Gasteiger partial charge in [0.2, 0.25) is 23.7 Å². The van der Waals surface area contributed by atoms with Gasteiger partial charge < -0.3 is 20.3 Å². The van der Waals surface area contributed by atoms with E-state index in [-0.39, 0.29) is 24.7 Å². The van der Waals surface area contributed by atoms with Gasteiger partial charge in [-0.05, 0) is 22.0 Å². The van der Waals surface area contributed by atoms with Crippen LogP contribution in [0.3, 0.4) is 0 Å². The SMILES string of the molecule is CN1CC(=O)C(=O)C=C1Cn1cnc([N+](=O)[O-])c1Nc1ccccc1. The number of carbonyl (C=O) groups is 2. The fourth-order valence-electron chi connectivity index (χ4n) is 2.49. The van der Waals surface area contributed by atoms with Gasteiger partial charge in [0.25, 0.3) is 0 Å². The van der Waals surface area contributed by atoms with Crippen molar-refractivity contribution in [3.8, 4) is 0 Å². The molecule has 2 aromatic rings. The monoisotopic (exact) mass is 341 g/mol. The van der Waals surface area contributed by atoms with Gasteiger partial charge in [-0.2, -0.15) is 0 Å². The van der Waals surface area contributed by atoms with Crippen LogP contribution >= 0.6 is 0 Å². The molecule has 1 aliphatic rings. The number of para-hydroxylation sites is 1. The highest BCUT2D eigenvalue weighted by atomic mass is 16.6. The number of nitro groups is 1. The highest BCUT2D eigenvalue weighted by Gasteiger charge is 2.26. The number of nitrogens with one attached hydrogen (secondary N) is 1. The average Bonchev–Trinajstić information content (AvgIpc) is 2.96. The number of benzene rings is 1. The number of rotatable bonds is 5. The van der Waals surface area contributed by atoms with Crippen LogP contribution in [0.25, 0.3) is 0 Å². The Morgan fingerprint density at radius 2 is 2.00 bits per heavy atom. The molecule has 0 amide bonds. The summed E-state index contributed by atoms with van der Waals surface area (Å²) in [7, 11) is 1.69. The fraction of sp³-hybridized carbons (Fsp3) is 0.188. The number of allylic oxidation sites excluding steroid dienone is 2. The summed E-state index contributed by atoms with van der Waals surface area (Å²) in [6.45, 7) is 0.161. The van der Waals surface area contributed by atoms with Crippen molar-refractivity contribution in [1.82, 2.24) is 14.5 Å². The second-order valence-electron chi connectivity index (χ2n) is 5.57. The second kappa shape index (κ2) is 6.56. The number of anilines is 2. The van der Waals surface area contributed by atoms with E-state index in [9.17, 15) is 19.7 Å². The van der Waals surface area contributed by atoms with Crippen molar-refractivity contribution in [2.45, 2.75) is 6.54 Å². The number of aromatic nitrogens is 2. The lowest BCUT2D eigenvalue weighted by Crippen LogP contribution is -2.36. The first-order chi connectivity index (χ1) is 12.0. The summed E-state index contributed by atoms with van der Waals surface area (Å²) in [5, 5.41) is 14.2. The minimum Gasteiger partial charge on any atom is -0.368 e. The predicted octanol–water partition coefficient (Wildman–Crippen LogP) is 1.50. The maximum atomic E-state index is 11.6. The molecule has 0 aliphatic carbocycles.